The molecular formula is C16H18S. The van der Waals surface area contributed by atoms with E-state index in [1.54, 1.807) is 0 Å². The summed E-state index contributed by atoms with van der Waals surface area (Å²) < 4.78 is 0. The lowest BCUT2D eigenvalue weighted by Gasteiger charge is -2.07. The van der Waals surface area contributed by atoms with E-state index in [1.807, 2.05) is 11.8 Å². The number of rotatable bonds is 4. The third kappa shape index (κ3) is 3.37. The van der Waals surface area contributed by atoms with Crippen molar-refractivity contribution in [2.45, 2.75) is 25.4 Å². The summed E-state index contributed by atoms with van der Waals surface area (Å²) in [6.45, 7) is 4.37. The zero-order chi connectivity index (χ0) is 12.1. The first-order valence-electron chi connectivity index (χ1n) is 5.94. The van der Waals surface area contributed by atoms with E-state index in [0.29, 0.717) is 0 Å². The van der Waals surface area contributed by atoms with E-state index >= 15 is 0 Å². The molecule has 0 spiro atoms. The van der Waals surface area contributed by atoms with Crippen molar-refractivity contribution in [1.82, 2.24) is 0 Å². The van der Waals surface area contributed by atoms with E-state index in [9.17, 15) is 0 Å². The van der Waals surface area contributed by atoms with Crippen molar-refractivity contribution >= 4 is 11.8 Å². The molecule has 0 unspecified atom stereocenters. The zero-order valence-corrected chi connectivity index (χ0v) is 11.3. The number of hydrogen-bond donors (Lipinski definition) is 0. The largest absolute Gasteiger partial charge is 0.152 e. The summed E-state index contributed by atoms with van der Waals surface area (Å²) in [5.74, 6) is 2.20. The molecule has 0 aliphatic heterocycles. The standard InChI is InChI=1S/C16H18S/c1-13-7-3-5-9-15(13)11-17-12-16-10-6-4-8-14(16)2/h3-10H,11-12H2,1-2H3. The molecule has 0 fully saturated rings. The van der Waals surface area contributed by atoms with Crippen molar-refractivity contribution in [2.24, 2.45) is 0 Å². The third-order valence-corrected chi connectivity index (χ3v) is 4.07. The minimum absolute atomic E-state index is 1.10. The summed E-state index contributed by atoms with van der Waals surface area (Å²) in [4.78, 5) is 0. The van der Waals surface area contributed by atoms with Crippen LogP contribution in [0, 0.1) is 13.8 Å². The Morgan fingerprint density at radius 1 is 0.706 bits per heavy atom. The molecule has 2 rings (SSSR count). The Kier molecular flexibility index (Phi) is 4.27. The highest BCUT2D eigenvalue weighted by Crippen LogP contribution is 2.21. The first kappa shape index (κ1) is 12.3. The van der Waals surface area contributed by atoms with Crippen LogP contribution in [0.5, 0.6) is 0 Å². The van der Waals surface area contributed by atoms with Crippen LogP contribution in [-0.2, 0) is 11.5 Å². The Labute approximate surface area is 108 Å². The SMILES string of the molecule is Cc1ccccc1CSCc1ccccc1C. The first-order chi connectivity index (χ1) is 8.27. The summed E-state index contributed by atoms with van der Waals surface area (Å²) in [5.41, 5.74) is 5.69. The Balaban J connectivity index is 1.93. The van der Waals surface area contributed by atoms with Gasteiger partial charge in [0.05, 0.1) is 0 Å². The number of aryl methyl sites for hydroxylation is 2. The maximum Gasteiger partial charge on any atom is 0.0190 e. The average molecular weight is 242 g/mol. The van der Waals surface area contributed by atoms with Crippen LogP contribution in [0.1, 0.15) is 22.3 Å². The molecule has 88 valence electrons. The Bertz CT molecular complexity index is 443. The van der Waals surface area contributed by atoms with Gasteiger partial charge >= 0.3 is 0 Å². The molecule has 0 bridgehead atoms. The molecule has 2 aromatic rings. The summed E-state index contributed by atoms with van der Waals surface area (Å²) in [5, 5.41) is 0. The number of hydrogen-bond acceptors (Lipinski definition) is 1. The highest BCUT2D eigenvalue weighted by atomic mass is 32.2. The van der Waals surface area contributed by atoms with Gasteiger partial charge in [-0.1, -0.05) is 48.5 Å². The lowest BCUT2D eigenvalue weighted by Crippen LogP contribution is -1.88. The molecule has 0 radical (unpaired) electrons. The fourth-order valence-corrected chi connectivity index (χ4v) is 3.00. The highest BCUT2D eigenvalue weighted by molar-refractivity contribution is 7.97. The summed E-state index contributed by atoms with van der Waals surface area (Å²) in [6.07, 6.45) is 0. The lowest BCUT2D eigenvalue weighted by molar-refractivity contribution is 1.27. The summed E-state index contributed by atoms with van der Waals surface area (Å²) in [6, 6.07) is 17.3. The van der Waals surface area contributed by atoms with Crippen LogP contribution in [-0.4, -0.2) is 0 Å². The van der Waals surface area contributed by atoms with Gasteiger partial charge in [0.1, 0.15) is 0 Å². The van der Waals surface area contributed by atoms with Crippen molar-refractivity contribution in [2.75, 3.05) is 0 Å². The Morgan fingerprint density at radius 3 is 1.53 bits per heavy atom. The van der Waals surface area contributed by atoms with E-state index in [1.165, 1.54) is 22.3 Å². The van der Waals surface area contributed by atoms with E-state index < -0.39 is 0 Å². The fraction of sp³-hybridized carbons (Fsp3) is 0.250. The van der Waals surface area contributed by atoms with E-state index in [4.69, 9.17) is 0 Å². The van der Waals surface area contributed by atoms with Crippen molar-refractivity contribution < 1.29 is 0 Å². The lowest BCUT2D eigenvalue weighted by atomic mass is 10.1. The van der Waals surface area contributed by atoms with Crippen LogP contribution in [0.25, 0.3) is 0 Å². The number of thioether (sulfide) groups is 1. The van der Waals surface area contributed by atoms with Gasteiger partial charge in [-0.15, -0.1) is 0 Å². The van der Waals surface area contributed by atoms with Gasteiger partial charge in [-0.2, -0.15) is 11.8 Å². The molecule has 0 heterocycles. The summed E-state index contributed by atoms with van der Waals surface area (Å²) in [7, 11) is 0. The van der Waals surface area contributed by atoms with Gasteiger partial charge in [-0.25, -0.2) is 0 Å². The normalized spacial score (nSPS) is 10.5. The monoisotopic (exact) mass is 242 g/mol. The van der Waals surface area contributed by atoms with Gasteiger partial charge in [-0.3, -0.25) is 0 Å². The second kappa shape index (κ2) is 5.92. The van der Waals surface area contributed by atoms with Gasteiger partial charge in [0.25, 0.3) is 0 Å². The quantitative estimate of drug-likeness (QED) is 0.746. The average Bonchev–Trinajstić information content (AvgIpc) is 2.34. The van der Waals surface area contributed by atoms with Crippen molar-refractivity contribution in [1.29, 1.82) is 0 Å². The van der Waals surface area contributed by atoms with Gasteiger partial charge in [-0.05, 0) is 36.1 Å². The van der Waals surface area contributed by atoms with Crippen LogP contribution in [0.15, 0.2) is 48.5 Å². The summed E-state index contributed by atoms with van der Waals surface area (Å²) >= 11 is 1.99. The highest BCUT2D eigenvalue weighted by Gasteiger charge is 2.00. The van der Waals surface area contributed by atoms with Crippen molar-refractivity contribution in [3.63, 3.8) is 0 Å². The molecule has 0 saturated heterocycles. The molecule has 2 aromatic carbocycles. The second-order valence-electron chi connectivity index (χ2n) is 4.35. The molecule has 0 aliphatic carbocycles. The van der Waals surface area contributed by atoms with E-state index in [2.05, 4.69) is 62.4 Å². The molecular weight excluding hydrogens is 224 g/mol. The molecule has 0 saturated carbocycles. The van der Waals surface area contributed by atoms with Crippen LogP contribution in [0.2, 0.25) is 0 Å². The van der Waals surface area contributed by atoms with Crippen LogP contribution in [0.4, 0.5) is 0 Å². The Hall–Kier alpha value is -1.21. The maximum atomic E-state index is 2.22. The minimum Gasteiger partial charge on any atom is -0.152 e. The molecule has 0 aliphatic rings. The van der Waals surface area contributed by atoms with Gasteiger partial charge in [0.15, 0.2) is 0 Å². The smallest absolute Gasteiger partial charge is 0.0190 e. The van der Waals surface area contributed by atoms with E-state index in [-0.39, 0.29) is 0 Å². The van der Waals surface area contributed by atoms with Crippen LogP contribution in [0.3, 0.4) is 0 Å². The molecule has 0 N–H and O–H groups in total. The zero-order valence-electron chi connectivity index (χ0n) is 10.4. The molecule has 17 heavy (non-hydrogen) atoms. The number of benzene rings is 2. The second-order valence-corrected chi connectivity index (χ2v) is 5.33. The maximum absolute atomic E-state index is 2.22. The fourth-order valence-electron chi connectivity index (χ4n) is 1.82. The molecule has 0 nitrogen and oxygen atoms in total. The predicted molar refractivity (Wildman–Crippen MR) is 77.4 cm³/mol. The van der Waals surface area contributed by atoms with Gasteiger partial charge < -0.3 is 0 Å². The third-order valence-electron chi connectivity index (χ3n) is 3.04. The molecule has 0 atom stereocenters. The predicted octanol–water partition coefficient (Wildman–Crippen LogP) is 4.74. The van der Waals surface area contributed by atoms with Gasteiger partial charge in [0.2, 0.25) is 0 Å². The van der Waals surface area contributed by atoms with Crippen LogP contribution >= 0.6 is 11.8 Å². The van der Waals surface area contributed by atoms with Crippen molar-refractivity contribution in [3.05, 3.63) is 70.8 Å². The van der Waals surface area contributed by atoms with Crippen molar-refractivity contribution in [3.8, 4) is 0 Å². The van der Waals surface area contributed by atoms with E-state index in [0.717, 1.165) is 11.5 Å². The van der Waals surface area contributed by atoms with Gasteiger partial charge in [0, 0.05) is 11.5 Å². The topological polar surface area (TPSA) is 0 Å². The first-order valence-corrected chi connectivity index (χ1v) is 7.09. The molecule has 0 aromatic heterocycles. The Morgan fingerprint density at radius 2 is 1.12 bits per heavy atom. The molecule has 1 heteroatoms. The van der Waals surface area contributed by atoms with Crippen LogP contribution < -0.4 is 0 Å². The molecule has 0 amide bonds. The minimum atomic E-state index is 1.10.